The van der Waals surface area contributed by atoms with Gasteiger partial charge in [-0.1, -0.05) is 28.9 Å². The van der Waals surface area contributed by atoms with E-state index in [2.05, 4.69) is 5.16 Å². The number of amides is 1. The smallest absolute Gasteiger partial charge is 0.276 e. The van der Waals surface area contributed by atoms with Crippen molar-refractivity contribution in [3.63, 3.8) is 0 Å². The molecule has 128 valence electrons. The number of nitrogens with zero attached hydrogens (tertiary/aromatic N) is 3. The first-order chi connectivity index (χ1) is 11.4. The number of benzene rings is 1. The van der Waals surface area contributed by atoms with Crippen LogP contribution in [0.3, 0.4) is 0 Å². The second kappa shape index (κ2) is 6.54. The summed E-state index contributed by atoms with van der Waals surface area (Å²) in [6.45, 7) is 2.69. The molecular formula is C15H16ClN3O4S. The molecule has 0 unspecified atom stereocenters. The monoisotopic (exact) mass is 369 g/mol. The minimum atomic E-state index is -3.67. The number of halogens is 1. The van der Waals surface area contributed by atoms with Gasteiger partial charge in [-0.05, 0) is 19.1 Å². The molecule has 1 saturated heterocycles. The van der Waals surface area contributed by atoms with Crippen molar-refractivity contribution < 1.29 is 17.7 Å². The van der Waals surface area contributed by atoms with Crippen LogP contribution >= 0.6 is 11.6 Å². The lowest BCUT2D eigenvalue weighted by Crippen LogP contribution is -2.50. The molecule has 1 aromatic carbocycles. The number of rotatable bonds is 3. The number of sulfonamides is 1. The Morgan fingerprint density at radius 1 is 1.21 bits per heavy atom. The summed E-state index contributed by atoms with van der Waals surface area (Å²) in [6, 6.07) is 7.90. The first-order valence-electron chi connectivity index (χ1n) is 7.37. The predicted octanol–water partition coefficient (Wildman–Crippen LogP) is 1.78. The van der Waals surface area contributed by atoms with Gasteiger partial charge in [0.2, 0.25) is 10.0 Å². The molecule has 1 aliphatic heterocycles. The van der Waals surface area contributed by atoms with Crippen molar-refractivity contribution >= 4 is 27.5 Å². The fraction of sp³-hybridized carbons (Fsp3) is 0.333. The molecule has 0 spiro atoms. The van der Waals surface area contributed by atoms with E-state index in [1.807, 2.05) is 0 Å². The third-order valence-electron chi connectivity index (χ3n) is 3.83. The molecule has 9 heteroatoms. The fourth-order valence-electron chi connectivity index (χ4n) is 2.55. The highest BCUT2D eigenvalue weighted by Gasteiger charge is 2.32. The fourth-order valence-corrected chi connectivity index (χ4v) is 4.47. The van der Waals surface area contributed by atoms with Crippen molar-refractivity contribution in [3.05, 3.63) is 46.8 Å². The Morgan fingerprint density at radius 3 is 2.46 bits per heavy atom. The first kappa shape index (κ1) is 16.9. The third kappa shape index (κ3) is 3.17. The molecule has 0 N–H and O–H groups in total. The van der Waals surface area contributed by atoms with Crippen LogP contribution in [0.1, 0.15) is 16.2 Å². The number of hydrogen-bond acceptors (Lipinski definition) is 5. The van der Waals surface area contributed by atoms with Crippen molar-refractivity contribution in [2.45, 2.75) is 11.8 Å². The molecular weight excluding hydrogens is 354 g/mol. The van der Waals surface area contributed by atoms with Crippen LogP contribution in [0.25, 0.3) is 0 Å². The zero-order valence-corrected chi connectivity index (χ0v) is 14.5. The van der Waals surface area contributed by atoms with E-state index in [0.717, 1.165) is 0 Å². The van der Waals surface area contributed by atoms with Gasteiger partial charge in [0.1, 0.15) is 10.7 Å². The second-order valence-corrected chi connectivity index (χ2v) is 7.76. The quantitative estimate of drug-likeness (QED) is 0.823. The van der Waals surface area contributed by atoms with Gasteiger partial charge in [0.15, 0.2) is 5.69 Å². The maximum atomic E-state index is 12.7. The SMILES string of the molecule is Cc1cc(C(=O)N2CCN(S(=O)(=O)c3ccccc3Cl)CC2)no1. The van der Waals surface area contributed by atoms with E-state index in [4.69, 9.17) is 16.1 Å². The van der Waals surface area contributed by atoms with Crippen molar-refractivity contribution in [1.82, 2.24) is 14.4 Å². The van der Waals surface area contributed by atoms with Crippen LogP contribution in [0.2, 0.25) is 5.02 Å². The highest BCUT2D eigenvalue weighted by molar-refractivity contribution is 7.89. The third-order valence-corrected chi connectivity index (χ3v) is 6.23. The molecule has 1 aromatic heterocycles. The van der Waals surface area contributed by atoms with E-state index in [1.54, 1.807) is 36.1 Å². The normalized spacial score (nSPS) is 16.3. The summed E-state index contributed by atoms with van der Waals surface area (Å²) in [5.41, 5.74) is 0.231. The van der Waals surface area contributed by atoms with E-state index >= 15 is 0 Å². The lowest BCUT2D eigenvalue weighted by Gasteiger charge is -2.33. The number of aromatic nitrogens is 1. The van der Waals surface area contributed by atoms with Crippen LogP contribution in [0.15, 0.2) is 39.8 Å². The summed E-state index contributed by atoms with van der Waals surface area (Å²) in [6.07, 6.45) is 0. The maximum absolute atomic E-state index is 12.7. The Hall–Kier alpha value is -1.90. The predicted molar refractivity (Wildman–Crippen MR) is 87.4 cm³/mol. The summed E-state index contributed by atoms with van der Waals surface area (Å²) in [7, 11) is -3.67. The number of carbonyl (C=O) groups is 1. The first-order valence-corrected chi connectivity index (χ1v) is 9.18. The van der Waals surface area contributed by atoms with Crippen LogP contribution in [0.5, 0.6) is 0 Å². The Kier molecular flexibility index (Phi) is 4.62. The van der Waals surface area contributed by atoms with Crippen molar-refractivity contribution in [1.29, 1.82) is 0 Å². The van der Waals surface area contributed by atoms with E-state index in [1.165, 1.54) is 10.4 Å². The van der Waals surface area contributed by atoms with Crippen LogP contribution < -0.4 is 0 Å². The van der Waals surface area contributed by atoms with Crippen molar-refractivity contribution in [2.75, 3.05) is 26.2 Å². The molecule has 0 atom stereocenters. The molecule has 2 heterocycles. The average Bonchev–Trinajstić information content (AvgIpc) is 3.01. The molecule has 2 aromatic rings. The summed E-state index contributed by atoms with van der Waals surface area (Å²) >= 11 is 6.00. The highest BCUT2D eigenvalue weighted by atomic mass is 35.5. The van der Waals surface area contributed by atoms with E-state index in [-0.39, 0.29) is 47.7 Å². The summed E-state index contributed by atoms with van der Waals surface area (Å²) in [4.78, 5) is 14.0. The lowest BCUT2D eigenvalue weighted by atomic mass is 10.3. The molecule has 1 fully saturated rings. The van der Waals surface area contributed by atoms with Gasteiger partial charge in [-0.25, -0.2) is 8.42 Å². The van der Waals surface area contributed by atoms with Crippen molar-refractivity contribution in [2.24, 2.45) is 0 Å². The molecule has 0 radical (unpaired) electrons. The molecule has 24 heavy (non-hydrogen) atoms. The van der Waals surface area contributed by atoms with E-state index in [0.29, 0.717) is 5.76 Å². The zero-order valence-electron chi connectivity index (χ0n) is 13.0. The molecule has 0 aliphatic carbocycles. The highest BCUT2D eigenvalue weighted by Crippen LogP contribution is 2.25. The van der Waals surface area contributed by atoms with Gasteiger partial charge in [-0.15, -0.1) is 0 Å². The van der Waals surface area contributed by atoms with E-state index < -0.39 is 10.0 Å². The Balaban J connectivity index is 1.71. The Bertz CT molecular complexity index is 857. The Morgan fingerprint density at radius 2 is 1.88 bits per heavy atom. The van der Waals surface area contributed by atoms with Crippen LogP contribution in [-0.4, -0.2) is 54.9 Å². The zero-order chi connectivity index (χ0) is 17.3. The minimum Gasteiger partial charge on any atom is -0.361 e. The summed E-state index contributed by atoms with van der Waals surface area (Å²) in [5, 5.41) is 3.89. The molecule has 3 rings (SSSR count). The standard InChI is InChI=1S/C15H16ClN3O4S/c1-11-10-13(17-23-11)15(20)18-6-8-19(9-7-18)24(21,22)14-5-3-2-4-12(14)16/h2-5,10H,6-9H2,1H3. The van der Waals surface area contributed by atoms with Crippen molar-refractivity contribution in [3.8, 4) is 0 Å². The summed E-state index contributed by atoms with van der Waals surface area (Å²) in [5.74, 6) is 0.292. The van der Waals surface area contributed by atoms with Gasteiger partial charge in [0, 0.05) is 32.2 Å². The number of aryl methyl sites for hydroxylation is 1. The molecule has 0 bridgehead atoms. The topological polar surface area (TPSA) is 83.7 Å². The maximum Gasteiger partial charge on any atom is 0.276 e. The average molecular weight is 370 g/mol. The molecule has 0 saturated carbocycles. The van der Waals surface area contributed by atoms with Crippen LogP contribution in [-0.2, 0) is 10.0 Å². The van der Waals surface area contributed by atoms with Gasteiger partial charge in [-0.3, -0.25) is 4.79 Å². The van der Waals surface area contributed by atoms with Crippen LogP contribution in [0.4, 0.5) is 0 Å². The molecule has 1 aliphatic rings. The van der Waals surface area contributed by atoms with Gasteiger partial charge in [-0.2, -0.15) is 4.31 Å². The number of carbonyl (C=O) groups excluding carboxylic acids is 1. The number of piperazine rings is 1. The van der Waals surface area contributed by atoms with E-state index in [9.17, 15) is 13.2 Å². The largest absolute Gasteiger partial charge is 0.361 e. The van der Waals surface area contributed by atoms with Gasteiger partial charge < -0.3 is 9.42 Å². The van der Waals surface area contributed by atoms with Gasteiger partial charge in [0.25, 0.3) is 5.91 Å². The summed E-state index contributed by atoms with van der Waals surface area (Å²) < 4.78 is 31.6. The van der Waals surface area contributed by atoms with Gasteiger partial charge in [0.05, 0.1) is 5.02 Å². The Labute approximate surface area is 144 Å². The lowest BCUT2D eigenvalue weighted by molar-refractivity contribution is 0.0687. The van der Waals surface area contributed by atoms with Crippen LogP contribution in [0, 0.1) is 6.92 Å². The number of hydrogen-bond donors (Lipinski definition) is 0. The molecule has 1 amide bonds. The van der Waals surface area contributed by atoms with Gasteiger partial charge >= 0.3 is 0 Å². The minimum absolute atomic E-state index is 0.0820. The molecule has 7 nitrogen and oxygen atoms in total. The second-order valence-electron chi connectivity index (χ2n) is 5.45.